The van der Waals surface area contributed by atoms with Crippen molar-refractivity contribution in [3.05, 3.63) is 0 Å². The zero-order chi connectivity index (χ0) is 10.4. The fourth-order valence-corrected chi connectivity index (χ4v) is 1.92. The quantitative estimate of drug-likeness (QED) is 0.683. The fraction of sp³-hybridized carbons (Fsp3) is 0.750. The molecule has 0 aromatic heterocycles. The third-order valence-electron chi connectivity index (χ3n) is 2.90. The minimum atomic E-state index is -0.0792. The predicted octanol–water partition coefficient (Wildman–Crippen LogP) is 2.09. The van der Waals surface area contributed by atoms with Crippen molar-refractivity contribution in [2.24, 2.45) is 5.92 Å². The third kappa shape index (κ3) is 3.06. The Kier molecular flexibility index (Phi) is 4.52. The van der Waals surface area contributed by atoms with E-state index >= 15 is 0 Å². The van der Waals surface area contributed by atoms with E-state index in [1.165, 1.54) is 19.3 Å². The molecular formula is C12H19NO. The van der Waals surface area contributed by atoms with E-state index in [0.29, 0.717) is 0 Å². The van der Waals surface area contributed by atoms with Gasteiger partial charge in [0.2, 0.25) is 5.91 Å². The van der Waals surface area contributed by atoms with Crippen LogP contribution >= 0.6 is 0 Å². The molecule has 1 N–H and O–H groups in total. The first-order valence-electron chi connectivity index (χ1n) is 5.54. The number of carbonyl (C=O) groups is 1. The van der Waals surface area contributed by atoms with E-state index in [0.717, 1.165) is 19.3 Å². The molecule has 2 nitrogen and oxygen atoms in total. The first kappa shape index (κ1) is 11.1. The van der Waals surface area contributed by atoms with Crippen molar-refractivity contribution in [1.29, 1.82) is 0 Å². The molecule has 0 bridgehead atoms. The zero-order valence-electron chi connectivity index (χ0n) is 8.88. The van der Waals surface area contributed by atoms with Crippen molar-refractivity contribution < 1.29 is 4.79 Å². The van der Waals surface area contributed by atoms with Crippen molar-refractivity contribution in [2.75, 3.05) is 0 Å². The summed E-state index contributed by atoms with van der Waals surface area (Å²) in [5, 5.41) is 2.91. The van der Waals surface area contributed by atoms with E-state index in [4.69, 9.17) is 6.42 Å². The average Bonchev–Trinajstić information content (AvgIpc) is 2.26. The Morgan fingerprint density at radius 1 is 1.50 bits per heavy atom. The van der Waals surface area contributed by atoms with Crippen LogP contribution in [-0.4, -0.2) is 11.9 Å². The van der Waals surface area contributed by atoms with E-state index in [-0.39, 0.29) is 17.9 Å². The molecule has 78 valence electrons. The molecule has 1 aliphatic rings. The van der Waals surface area contributed by atoms with Gasteiger partial charge >= 0.3 is 0 Å². The number of amides is 1. The van der Waals surface area contributed by atoms with E-state index in [2.05, 4.69) is 11.2 Å². The van der Waals surface area contributed by atoms with Crippen LogP contribution in [0.1, 0.15) is 45.4 Å². The van der Waals surface area contributed by atoms with Gasteiger partial charge in [-0.25, -0.2) is 0 Å². The van der Waals surface area contributed by atoms with Crippen LogP contribution in [-0.2, 0) is 4.79 Å². The lowest BCUT2D eigenvalue weighted by molar-refractivity contribution is -0.126. The summed E-state index contributed by atoms with van der Waals surface area (Å²) in [6.45, 7) is 1.99. The van der Waals surface area contributed by atoms with E-state index < -0.39 is 0 Å². The molecule has 2 heteroatoms. The number of rotatable bonds is 3. The van der Waals surface area contributed by atoms with Gasteiger partial charge in [0.15, 0.2) is 0 Å². The molecule has 1 fully saturated rings. The van der Waals surface area contributed by atoms with Crippen LogP contribution in [0.15, 0.2) is 0 Å². The third-order valence-corrected chi connectivity index (χ3v) is 2.90. The lowest BCUT2D eigenvalue weighted by atomic mass is 9.88. The molecule has 14 heavy (non-hydrogen) atoms. The number of hydrogen-bond donors (Lipinski definition) is 1. The molecule has 1 amide bonds. The first-order chi connectivity index (χ1) is 6.77. The van der Waals surface area contributed by atoms with E-state index in [9.17, 15) is 4.79 Å². The van der Waals surface area contributed by atoms with Gasteiger partial charge in [-0.1, -0.05) is 32.1 Å². The Hall–Kier alpha value is -0.970. The van der Waals surface area contributed by atoms with Gasteiger partial charge in [0, 0.05) is 5.92 Å². The lowest BCUT2D eigenvalue weighted by Crippen LogP contribution is -2.38. The topological polar surface area (TPSA) is 29.1 Å². The highest BCUT2D eigenvalue weighted by molar-refractivity contribution is 5.79. The summed E-state index contributed by atoms with van der Waals surface area (Å²) in [7, 11) is 0. The maximum Gasteiger partial charge on any atom is 0.224 e. The molecule has 1 saturated carbocycles. The minimum absolute atomic E-state index is 0.0792. The standard InChI is InChI=1S/C12H19NO/c1-3-11(4-2)13-12(14)10-8-6-5-7-9-10/h1,10-11H,4-9H2,2H3,(H,13,14). The van der Waals surface area contributed by atoms with E-state index in [1.807, 2.05) is 6.92 Å². The van der Waals surface area contributed by atoms with Crippen molar-refractivity contribution in [1.82, 2.24) is 5.32 Å². The van der Waals surface area contributed by atoms with Gasteiger partial charge < -0.3 is 5.32 Å². The van der Waals surface area contributed by atoms with Crippen LogP contribution in [0.2, 0.25) is 0 Å². The number of carbonyl (C=O) groups excluding carboxylic acids is 1. The molecule has 1 unspecified atom stereocenters. The van der Waals surface area contributed by atoms with Crippen LogP contribution in [0.5, 0.6) is 0 Å². The number of hydrogen-bond acceptors (Lipinski definition) is 1. The average molecular weight is 193 g/mol. The normalized spacial score (nSPS) is 19.7. The minimum Gasteiger partial charge on any atom is -0.342 e. The summed E-state index contributed by atoms with van der Waals surface area (Å²) in [4.78, 5) is 11.7. The number of nitrogens with one attached hydrogen (secondary N) is 1. The smallest absolute Gasteiger partial charge is 0.224 e. The molecule has 1 atom stereocenters. The Morgan fingerprint density at radius 3 is 2.64 bits per heavy atom. The second-order valence-corrected chi connectivity index (χ2v) is 3.97. The van der Waals surface area contributed by atoms with Crippen LogP contribution in [0, 0.1) is 18.3 Å². The fourth-order valence-electron chi connectivity index (χ4n) is 1.92. The van der Waals surface area contributed by atoms with Crippen molar-refractivity contribution >= 4 is 5.91 Å². The molecule has 0 radical (unpaired) electrons. The van der Waals surface area contributed by atoms with Crippen molar-refractivity contribution in [3.63, 3.8) is 0 Å². The molecule has 0 saturated heterocycles. The summed E-state index contributed by atoms with van der Waals surface area (Å²) in [6, 6.07) is -0.0792. The zero-order valence-corrected chi connectivity index (χ0v) is 8.88. The van der Waals surface area contributed by atoms with Crippen LogP contribution in [0.4, 0.5) is 0 Å². The van der Waals surface area contributed by atoms with Gasteiger partial charge in [-0.05, 0) is 19.3 Å². The Bertz CT molecular complexity index is 223. The maximum atomic E-state index is 11.7. The maximum absolute atomic E-state index is 11.7. The van der Waals surface area contributed by atoms with Gasteiger partial charge in [0.1, 0.15) is 0 Å². The summed E-state index contributed by atoms with van der Waals surface area (Å²) in [5.74, 6) is 2.97. The van der Waals surface area contributed by atoms with Gasteiger partial charge in [-0.3, -0.25) is 4.79 Å². The highest BCUT2D eigenvalue weighted by Gasteiger charge is 2.21. The highest BCUT2D eigenvalue weighted by atomic mass is 16.1. The van der Waals surface area contributed by atoms with Crippen LogP contribution in [0.25, 0.3) is 0 Å². The van der Waals surface area contributed by atoms with Crippen molar-refractivity contribution in [2.45, 2.75) is 51.5 Å². The van der Waals surface area contributed by atoms with Crippen LogP contribution < -0.4 is 5.32 Å². The van der Waals surface area contributed by atoms with Crippen LogP contribution in [0.3, 0.4) is 0 Å². The van der Waals surface area contributed by atoms with Gasteiger partial charge in [-0.2, -0.15) is 0 Å². The molecule has 0 spiro atoms. The summed E-state index contributed by atoms with van der Waals surface area (Å²) >= 11 is 0. The summed E-state index contributed by atoms with van der Waals surface area (Å²) in [6.07, 6.45) is 11.8. The Labute approximate surface area is 86.5 Å². The summed E-state index contributed by atoms with van der Waals surface area (Å²) in [5.41, 5.74) is 0. The Balaban J connectivity index is 2.36. The van der Waals surface area contributed by atoms with Gasteiger partial charge in [0.05, 0.1) is 6.04 Å². The molecule has 0 aromatic rings. The molecular weight excluding hydrogens is 174 g/mol. The first-order valence-corrected chi connectivity index (χ1v) is 5.54. The number of terminal acetylenes is 1. The summed E-state index contributed by atoms with van der Waals surface area (Å²) < 4.78 is 0. The van der Waals surface area contributed by atoms with Crippen molar-refractivity contribution in [3.8, 4) is 12.3 Å². The SMILES string of the molecule is C#CC(CC)NC(=O)C1CCCCC1. The molecule has 0 aliphatic heterocycles. The highest BCUT2D eigenvalue weighted by Crippen LogP contribution is 2.23. The molecule has 1 rings (SSSR count). The predicted molar refractivity (Wildman–Crippen MR) is 57.6 cm³/mol. The van der Waals surface area contributed by atoms with Gasteiger partial charge in [-0.15, -0.1) is 6.42 Å². The second kappa shape index (κ2) is 5.70. The monoisotopic (exact) mass is 193 g/mol. The largest absolute Gasteiger partial charge is 0.342 e. The second-order valence-electron chi connectivity index (χ2n) is 3.97. The van der Waals surface area contributed by atoms with E-state index in [1.54, 1.807) is 0 Å². The molecule has 0 aromatic carbocycles. The van der Waals surface area contributed by atoms with Gasteiger partial charge in [0.25, 0.3) is 0 Å². The Morgan fingerprint density at radius 2 is 2.14 bits per heavy atom. The molecule has 0 heterocycles. The lowest BCUT2D eigenvalue weighted by Gasteiger charge is -2.22. The molecule has 1 aliphatic carbocycles.